The molecule has 0 aliphatic carbocycles. The zero-order chi connectivity index (χ0) is 19.8. The summed E-state index contributed by atoms with van der Waals surface area (Å²) in [4.78, 5) is 12.4. The van der Waals surface area contributed by atoms with Gasteiger partial charge in [0.1, 0.15) is 11.5 Å². The van der Waals surface area contributed by atoms with E-state index in [1.165, 1.54) is 11.1 Å². The lowest BCUT2D eigenvalue weighted by atomic mass is 9.95. The predicted molar refractivity (Wildman–Crippen MR) is 110 cm³/mol. The standard InChI is InChI=1S/C22H30N2O3/c1-6-16-7-9-17(10-8-16)22(15(2)3)23-14-21(25)24-19-12-11-18(26-4)13-20(19)27-5/h7-13,15,22-23H,6,14H2,1-5H3,(H,24,25). The van der Waals surface area contributed by atoms with Crippen LogP contribution < -0.4 is 20.1 Å². The number of aryl methyl sites for hydroxylation is 1. The van der Waals surface area contributed by atoms with Gasteiger partial charge in [0.15, 0.2) is 0 Å². The molecule has 0 aliphatic rings. The molecule has 0 aliphatic heterocycles. The van der Waals surface area contributed by atoms with Gasteiger partial charge in [-0.05, 0) is 35.6 Å². The van der Waals surface area contributed by atoms with Crippen molar-refractivity contribution in [2.75, 3.05) is 26.1 Å². The van der Waals surface area contributed by atoms with Crippen molar-refractivity contribution in [2.24, 2.45) is 5.92 Å². The zero-order valence-electron chi connectivity index (χ0n) is 16.8. The molecule has 0 radical (unpaired) electrons. The third kappa shape index (κ3) is 5.73. The monoisotopic (exact) mass is 370 g/mol. The molecule has 0 fully saturated rings. The molecule has 0 bridgehead atoms. The Labute approximate surface area is 162 Å². The van der Waals surface area contributed by atoms with E-state index in [1.807, 2.05) is 0 Å². The fourth-order valence-corrected chi connectivity index (χ4v) is 3.00. The third-order valence-corrected chi connectivity index (χ3v) is 4.58. The topological polar surface area (TPSA) is 59.6 Å². The van der Waals surface area contributed by atoms with Crippen molar-refractivity contribution in [3.05, 3.63) is 53.6 Å². The van der Waals surface area contributed by atoms with Crippen molar-refractivity contribution in [1.29, 1.82) is 0 Å². The van der Waals surface area contributed by atoms with Crippen LogP contribution in [-0.4, -0.2) is 26.7 Å². The van der Waals surface area contributed by atoms with E-state index in [4.69, 9.17) is 9.47 Å². The zero-order valence-corrected chi connectivity index (χ0v) is 16.8. The van der Waals surface area contributed by atoms with Crippen molar-refractivity contribution >= 4 is 11.6 Å². The van der Waals surface area contributed by atoms with Crippen LogP contribution in [0.2, 0.25) is 0 Å². The first-order valence-electron chi connectivity index (χ1n) is 9.32. The summed E-state index contributed by atoms with van der Waals surface area (Å²) >= 11 is 0. The van der Waals surface area contributed by atoms with Crippen molar-refractivity contribution < 1.29 is 14.3 Å². The highest BCUT2D eigenvalue weighted by Gasteiger charge is 2.17. The Morgan fingerprint density at radius 3 is 2.30 bits per heavy atom. The van der Waals surface area contributed by atoms with Gasteiger partial charge in [-0.2, -0.15) is 0 Å². The van der Waals surface area contributed by atoms with Gasteiger partial charge in [-0.3, -0.25) is 4.79 Å². The number of carbonyl (C=O) groups is 1. The number of anilines is 1. The van der Waals surface area contributed by atoms with Crippen LogP contribution in [0.5, 0.6) is 11.5 Å². The van der Waals surface area contributed by atoms with E-state index in [0.717, 1.165) is 6.42 Å². The summed E-state index contributed by atoms with van der Waals surface area (Å²) in [6, 6.07) is 14.0. The lowest BCUT2D eigenvalue weighted by molar-refractivity contribution is -0.115. The van der Waals surface area contributed by atoms with Gasteiger partial charge in [0, 0.05) is 12.1 Å². The Morgan fingerprint density at radius 2 is 1.74 bits per heavy atom. The first-order chi connectivity index (χ1) is 13.0. The van der Waals surface area contributed by atoms with Crippen LogP contribution in [0.25, 0.3) is 0 Å². The molecule has 5 nitrogen and oxygen atoms in total. The van der Waals surface area contributed by atoms with Gasteiger partial charge in [-0.25, -0.2) is 0 Å². The highest BCUT2D eigenvalue weighted by molar-refractivity contribution is 5.93. The van der Waals surface area contributed by atoms with Crippen LogP contribution in [0, 0.1) is 5.92 Å². The molecule has 0 heterocycles. The minimum Gasteiger partial charge on any atom is -0.497 e. The minimum absolute atomic E-state index is 0.111. The van der Waals surface area contributed by atoms with Gasteiger partial charge >= 0.3 is 0 Å². The van der Waals surface area contributed by atoms with Crippen LogP contribution in [0.4, 0.5) is 5.69 Å². The average molecular weight is 370 g/mol. The van der Waals surface area contributed by atoms with Crippen LogP contribution >= 0.6 is 0 Å². The largest absolute Gasteiger partial charge is 0.497 e. The molecule has 27 heavy (non-hydrogen) atoms. The molecule has 0 saturated carbocycles. The van der Waals surface area contributed by atoms with Gasteiger partial charge < -0.3 is 20.1 Å². The molecule has 0 spiro atoms. The number of methoxy groups -OCH3 is 2. The fourth-order valence-electron chi connectivity index (χ4n) is 3.00. The molecule has 0 aromatic heterocycles. The summed E-state index contributed by atoms with van der Waals surface area (Å²) in [5.41, 5.74) is 3.13. The summed E-state index contributed by atoms with van der Waals surface area (Å²) < 4.78 is 10.5. The molecule has 2 rings (SSSR count). The maximum absolute atomic E-state index is 12.4. The van der Waals surface area contributed by atoms with Crippen molar-refractivity contribution in [3.63, 3.8) is 0 Å². The van der Waals surface area contributed by atoms with E-state index in [2.05, 4.69) is 55.7 Å². The summed E-state index contributed by atoms with van der Waals surface area (Å²) in [6.45, 7) is 6.66. The lowest BCUT2D eigenvalue weighted by Crippen LogP contribution is -2.33. The SMILES string of the molecule is CCc1ccc(C(NCC(=O)Nc2ccc(OC)cc2OC)C(C)C)cc1. The maximum Gasteiger partial charge on any atom is 0.238 e. The Hall–Kier alpha value is -2.53. The Kier molecular flexibility index (Phi) is 7.67. The number of hydrogen-bond donors (Lipinski definition) is 2. The number of benzene rings is 2. The Balaban J connectivity index is 2.01. The average Bonchev–Trinajstić information content (AvgIpc) is 2.68. The van der Waals surface area contributed by atoms with Crippen LogP contribution in [-0.2, 0) is 11.2 Å². The lowest BCUT2D eigenvalue weighted by Gasteiger charge is -2.23. The molecule has 1 atom stereocenters. The van der Waals surface area contributed by atoms with Gasteiger partial charge in [0.2, 0.25) is 5.91 Å². The van der Waals surface area contributed by atoms with E-state index in [0.29, 0.717) is 23.1 Å². The second-order valence-electron chi connectivity index (χ2n) is 6.81. The van der Waals surface area contributed by atoms with Crippen molar-refractivity contribution in [3.8, 4) is 11.5 Å². The van der Waals surface area contributed by atoms with Crippen LogP contribution in [0.3, 0.4) is 0 Å². The number of nitrogens with one attached hydrogen (secondary N) is 2. The number of ether oxygens (including phenoxy) is 2. The quantitative estimate of drug-likeness (QED) is 0.695. The molecular formula is C22H30N2O3. The highest BCUT2D eigenvalue weighted by atomic mass is 16.5. The van der Waals surface area contributed by atoms with Crippen LogP contribution in [0.1, 0.15) is 37.9 Å². The summed E-state index contributed by atoms with van der Waals surface area (Å²) in [5, 5.41) is 6.27. The molecule has 5 heteroatoms. The molecule has 2 aromatic rings. The van der Waals surface area contributed by atoms with Gasteiger partial charge in [0.05, 0.1) is 26.5 Å². The van der Waals surface area contributed by atoms with Crippen molar-refractivity contribution in [1.82, 2.24) is 5.32 Å². The van der Waals surface area contributed by atoms with Crippen LogP contribution in [0.15, 0.2) is 42.5 Å². The molecule has 2 N–H and O–H groups in total. The van der Waals surface area contributed by atoms with E-state index in [-0.39, 0.29) is 18.5 Å². The third-order valence-electron chi connectivity index (χ3n) is 4.58. The Morgan fingerprint density at radius 1 is 1.04 bits per heavy atom. The normalized spacial score (nSPS) is 11.9. The molecular weight excluding hydrogens is 340 g/mol. The van der Waals surface area contributed by atoms with E-state index < -0.39 is 0 Å². The maximum atomic E-state index is 12.4. The van der Waals surface area contributed by atoms with Gasteiger partial charge in [0.25, 0.3) is 0 Å². The molecule has 2 aromatic carbocycles. The van der Waals surface area contributed by atoms with Gasteiger partial charge in [-0.15, -0.1) is 0 Å². The fraction of sp³-hybridized carbons (Fsp3) is 0.409. The first kappa shape index (κ1) is 20.8. The molecule has 0 saturated heterocycles. The molecule has 1 unspecified atom stereocenters. The summed E-state index contributed by atoms with van der Waals surface area (Å²) in [7, 11) is 3.16. The number of carbonyl (C=O) groups excluding carboxylic acids is 1. The summed E-state index contributed by atoms with van der Waals surface area (Å²) in [5.74, 6) is 1.49. The second kappa shape index (κ2) is 9.97. The highest BCUT2D eigenvalue weighted by Crippen LogP contribution is 2.29. The van der Waals surface area contributed by atoms with Gasteiger partial charge in [-0.1, -0.05) is 45.0 Å². The van der Waals surface area contributed by atoms with E-state index in [9.17, 15) is 4.79 Å². The number of rotatable bonds is 9. The Bertz CT molecular complexity index is 742. The predicted octanol–water partition coefficient (Wildman–Crippen LogP) is 4.19. The second-order valence-corrected chi connectivity index (χ2v) is 6.81. The molecule has 1 amide bonds. The summed E-state index contributed by atoms with van der Waals surface area (Å²) in [6.07, 6.45) is 1.02. The number of hydrogen-bond acceptors (Lipinski definition) is 4. The first-order valence-corrected chi connectivity index (χ1v) is 9.32. The van der Waals surface area contributed by atoms with E-state index >= 15 is 0 Å². The smallest absolute Gasteiger partial charge is 0.238 e. The molecule has 146 valence electrons. The minimum atomic E-state index is -0.116. The van der Waals surface area contributed by atoms with E-state index in [1.54, 1.807) is 32.4 Å². The van der Waals surface area contributed by atoms with Crippen molar-refractivity contribution in [2.45, 2.75) is 33.2 Å². The number of amides is 1.